The summed E-state index contributed by atoms with van der Waals surface area (Å²) in [5.41, 5.74) is 1.11. The Balaban J connectivity index is 1.84. The average molecular weight is 409 g/mol. The highest BCUT2D eigenvalue weighted by Crippen LogP contribution is 2.24. The normalized spacial score (nSPS) is 10.6. The number of halogens is 3. The molecule has 0 bridgehead atoms. The van der Waals surface area contributed by atoms with Gasteiger partial charge in [0.1, 0.15) is 11.6 Å². The molecular formula is C19H15Cl2FN2OS. The van der Waals surface area contributed by atoms with Crippen LogP contribution in [0.3, 0.4) is 0 Å². The molecule has 0 fully saturated rings. The topological polar surface area (TPSA) is 28.4 Å². The standard InChI is InChI=1S/C19H15Cl2FN2OS/c20-14-7-8-16(21)13(10-14)11-24(12-15-4-3-9-25-15)19(26)23-18-6-2-1-5-17(18)22/h1-10H,11-12H2,(H,23,26). The van der Waals surface area contributed by atoms with Gasteiger partial charge in [0.25, 0.3) is 0 Å². The minimum absolute atomic E-state index is 0.305. The van der Waals surface area contributed by atoms with Gasteiger partial charge >= 0.3 is 0 Å². The molecule has 0 aliphatic rings. The third kappa shape index (κ3) is 4.75. The number of furan rings is 1. The molecule has 7 heteroatoms. The van der Waals surface area contributed by atoms with E-state index in [1.54, 1.807) is 48.7 Å². The molecule has 0 saturated heterocycles. The predicted molar refractivity (Wildman–Crippen MR) is 107 cm³/mol. The monoisotopic (exact) mass is 408 g/mol. The third-order valence-electron chi connectivity index (χ3n) is 3.70. The fourth-order valence-electron chi connectivity index (χ4n) is 2.42. The van der Waals surface area contributed by atoms with E-state index in [-0.39, 0.29) is 5.82 Å². The molecule has 26 heavy (non-hydrogen) atoms. The van der Waals surface area contributed by atoms with E-state index in [2.05, 4.69) is 5.32 Å². The first-order chi connectivity index (χ1) is 12.5. The highest BCUT2D eigenvalue weighted by Gasteiger charge is 2.16. The average Bonchev–Trinajstić information content (AvgIpc) is 3.12. The Morgan fingerprint density at radius 1 is 1.08 bits per heavy atom. The van der Waals surface area contributed by atoms with Crippen molar-refractivity contribution >= 4 is 46.2 Å². The van der Waals surface area contributed by atoms with Crippen molar-refractivity contribution in [3.8, 4) is 0 Å². The molecule has 0 aliphatic heterocycles. The number of nitrogens with zero attached hydrogens (tertiary/aromatic N) is 1. The molecule has 0 unspecified atom stereocenters. The van der Waals surface area contributed by atoms with E-state index in [1.165, 1.54) is 6.07 Å². The summed E-state index contributed by atoms with van der Waals surface area (Å²) in [5.74, 6) is 0.342. The van der Waals surface area contributed by atoms with Gasteiger partial charge in [-0.3, -0.25) is 0 Å². The zero-order valence-corrected chi connectivity index (χ0v) is 15.9. The van der Waals surface area contributed by atoms with Crippen molar-refractivity contribution < 1.29 is 8.81 Å². The summed E-state index contributed by atoms with van der Waals surface area (Å²) in [5, 5.41) is 4.45. The van der Waals surface area contributed by atoms with Gasteiger partial charge in [-0.05, 0) is 60.2 Å². The van der Waals surface area contributed by atoms with Gasteiger partial charge in [-0.2, -0.15) is 0 Å². The van der Waals surface area contributed by atoms with Gasteiger partial charge in [0.15, 0.2) is 5.11 Å². The van der Waals surface area contributed by atoms with Crippen LogP contribution in [0.25, 0.3) is 0 Å². The Hall–Kier alpha value is -2.08. The Morgan fingerprint density at radius 3 is 2.62 bits per heavy atom. The molecule has 0 amide bonds. The third-order valence-corrected chi connectivity index (χ3v) is 4.66. The summed E-state index contributed by atoms with van der Waals surface area (Å²) in [6.45, 7) is 0.788. The zero-order chi connectivity index (χ0) is 18.5. The molecule has 0 spiro atoms. The minimum Gasteiger partial charge on any atom is -0.467 e. The van der Waals surface area contributed by atoms with Crippen molar-refractivity contribution in [2.75, 3.05) is 5.32 Å². The van der Waals surface area contributed by atoms with Gasteiger partial charge in [0, 0.05) is 16.6 Å². The number of rotatable bonds is 5. The van der Waals surface area contributed by atoms with E-state index in [9.17, 15) is 4.39 Å². The maximum atomic E-state index is 13.9. The zero-order valence-electron chi connectivity index (χ0n) is 13.6. The van der Waals surface area contributed by atoms with Gasteiger partial charge in [-0.15, -0.1) is 0 Å². The summed E-state index contributed by atoms with van der Waals surface area (Å²) in [7, 11) is 0. The molecule has 0 saturated carbocycles. The fourth-order valence-corrected chi connectivity index (χ4v) is 3.03. The molecular weight excluding hydrogens is 394 g/mol. The lowest BCUT2D eigenvalue weighted by molar-refractivity contribution is 0.360. The van der Waals surface area contributed by atoms with Crippen LogP contribution in [0.15, 0.2) is 65.3 Å². The molecule has 3 aromatic rings. The van der Waals surface area contributed by atoms with E-state index in [0.717, 1.165) is 11.3 Å². The number of para-hydroxylation sites is 1. The molecule has 2 aromatic carbocycles. The van der Waals surface area contributed by atoms with Crippen LogP contribution in [0.1, 0.15) is 11.3 Å². The summed E-state index contributed by atoms with van der Waals surface area (Å²) in [4.78, 5) is 1.83. The van der Waals surface area contributed by atoms with Crippen molar-refractivity contribution in [1.82, 2.24) is 4.90 Å². The van der Waals surface area contributed by atoms with Crippen LogP contribution in [0, 0.1) is 5.82 Å². The van der Waals surface area contributed by atoms with Crippen LogP contribution in [-0.2, 0) is 13.1 Å². The number of thiocarbonyl (C=S) groups is 1. The van der Waals surface area contributed by atoms with E-state index < -0.39 is 0 Å². The Morgan fingerprint density at radius 2 is 1.88 bits per heavy atom. The van der Waals surface area contributed by atoms with Gasteiger partial charge in [-0.25, -0.2) is 4.39 Å². The van der Waals surface area contributed by atoms with Crippen LogP contribution in [-0.4, -0.2) is 10.0 Å². The van der Waals surface area contributed by atoms with Gasteiger partial charge in [0.2, 0.25) is 0 Å². The number of hydrogen-bond donors (Lipinski definition) is 1. The maximum absolute atomic E-state index is 13.9. The number of anilines is 1. The Kier molecular flexibility index (Phi) is 6.14. The molecule has 3 nitrogen and oxygen atoms in total. The highest BCUT2D eigenvalue weighted by atomic mass is 35.5. The number of benzene rings is 2. The van der Waals surface area contributed by atoms with Gasteiger partial charge in [0.05, 0.1) is 18.5 Å². The Labute approximate surface area is 166 Å². The number of nitrogens with one attached hydrogen (secondary N) is 1. The first kappa shape index (κ1) is 18.7. The van der Waals surface area contributed by atoms with E-state index in [1.807, 2.05) is 11.0 Å². The van der Waals surface area contributed by atoms with Crippen molar-refractivity contribution in [3.05, 3.63) is 88.0 Å². The summed E-state index contributed by atoms with van der Waals surface area (Å²) >= 11 is 17.9. The second-order valence-corrected chi connectivity index (χ2v) is 6.81. The van der Waals surface area contributed by atoms with Crippen LogP contribution in [0.2, 0.25) is 10.0 Å². The smallest absolute Gasteiger partial charge is 0.174 e. The lowest BCUT2D eigenvalue weighted by Gasteiger charge is -2.26. The maximum Gasteiger partial charge on any atom is 0.174 e. The van der Waals surface area contributed by atoms with Crippen LogP contribution in [0.5, 0.6) is 0 Å². The lowest BCUT2D eigenvalue weighted by Crippen LogP contribution is -2.34. The molecule has 0 aliphatic carbocycles. The summed E-state index contributed by atoms with van der Waals surface area (Å²) < 4.78 is 19.4. The lowest BCUT2D eigenvalue weighted by atomic mass is 10.2. The molecule has 0 atom stereocenters. The van der Waals surface area contributed by atoms with E-state index >= 15 is 0 Å². The van der Waals surface area contributed by atoms with E-state index in [0.29, 0.717) is 33.9 Å². The first-order valence-corrected chi connectivity index (χ1v) is 8.96. The second kappa shape index (κ2) is 8.54. The van der Waals surface area contributed by atoms with Crippen molar-refractivity contribution in [1.29, 1.82) is 0 Å². The van der Waals surface area contributed by atoms with Crippen molar-refractivity contribution in [2.24, 2.45) is 0 Å². The molecule has 1 heterocycles. The van der Waals surface area contributed by atoms with Crippen LogP contribution < -0.4 is 5.32 Å². The number of hydrogen-bond acceptors (Lipinski definition) is 2. The van der Waals surface area contributed by atoms with Crippen LogP contribution >= 0.6 is 35.4 Å². The Bertz CT molecular complexity index is 902. The van der Waals surface area contributed by atoms with Gasteiger partial charge in [-0.1, -0.05) is 35.3 Å². The van der Waals surface area contributed by atoms with Crippen molar-refractivity contribution in [2.45, 2.75) is 13.1 Å². The minimum atomic E-state index is -0.381. The molecule has 1 aromatic heterocycles. The molecule has 134 valence electrons. The quantitative estimate of drug-likeness (QED) is 0.514. The molecule has 0 radical (unpaired) electrons. The first-order valence-electron chi connectivity index (χ1n) is 7.79. The predicted octanol–water partition coefficient (Wildman–Crippen LogP) is 6.12. The van der Waals surface area contributed by atoms with Gasteiger partial charge < -0.3 is 14.6 Å². The molecule has 1 N–H and O–H groups in total. The van der Waals surface area contributed by atoms with Crippen LogP contribution in [0.4, 0.5) is 10.1 Å². The second-order valence-electron chi connectivity index (χ2n) is 5.58. The summed E-state index contributed by atoms with van der Waals surface area (Å²) in [6.07, 6.45) is 1.59. The highest BCUT2D eigenvalue weighted by molar-refractivity contribution is 7.80. The summed E-state index contributed by atoms with van der Waals surface area (Å²) in [6, 6.07) is 15.2. The van der Waals surface area contributed by atoms with Crippen molar-refractivity contribution in [3.63, 3.8) is 0 Å². The largest absolute Gasteiger partial charge is 0.467 e. The fraction of sp³-hybridized carbons (Fsp3) is 0.105. The molecule has 3 rings (SSSR count). The van der Waals surface area contributed by atoms with E-state index in [4.69, 9.17) is 39.8 Å². The SMILES string of the molecule is Fc1ccccc1NC(=S)N(Cc1ccco1)Cc1cc(Cl)ccc1Cl.